The smallest absolute Gasteiger partial charge is 0.0900 e. The summed E-state index contributed by atoms with van der Waals surface area (Å²) >= 11 is 0. The highest BCUT2D eigenvalue weighted by molar-refractivity contribution is 4.77. The van der Waals surface area contributed by atoms with Gasteiger partial charge in [-0.1, -0.05) is 6.92 Å². The Morgan fingerprint density at radius 1 is 1.53 bits per heavy atom. The van der Waals surface area contributed by atoms with Crippen molar-refractivity contribution in [3.8, 4) is 6.07 Å². The van der Waals surface area contributed by atoms with E-state index in [2.05, 4.69) is 6.07 Å². The maximum atomic E-state index is 9.80. The summed E-state index contributed by atoms with van der Waals surface area (Å²) in [6.45, 7) is 5.42. The minimum absolute atomic E-state index is 0.212. The Bertz CT molecular complexity index is 236. The first kappa shape index (κ1) is 14.4. The van der Waals surface area contributed by atoms with Gasteiger partial charge in [-0.25, -0.2) is 0 Å². The molecule has 1 atom stereocenters. The van der Waals surface area contributed by atoms with Gasteiger partial charge in [0.25, 0.3) is 0 Å². The first-order valence-corrected chi connectivity index (χ1v) is 6.23. The molecule has 17 heavy (non-hydrogen) atoms. The molecule has 1 unspecified atom stereocenters. The normalized spacial score (nSPS) is 19.2. The van der Waals surface area contributed by atoms with Gasteiger partial charge in [0.2, 0.25) is 0 Å². The van der Waals surface area contributed by atoms with Gasteiger partial charge in [0.1, 0.15) is 0 Å². The molecule has 0 radical (unpaired) electrons. The monoisotopic (exact) mass is 242 g/mol. The second-order valence-electron chi connectivity index (χ2n) is 4.28. The number of nitriles is 1. The molecule has 0 spiro atoms. The molecule has 0 saturated carbocycles. The molecule has 1 N–H and O–H groups in total. The van der Waals surface area contributed by atoms with Crippen LogP contribution in [0, 0.1) is 11.3 Å². The molecule has 0 amide bonds. The number of aliphatic hydroxyl groups is 1. The number of hydrogen-bond donors (Lipinski definition) is 1. The molecular weight excluding hydrogens is 220 g/mol. The Morgan fingerprint density at radius 2 is 2.24 bits per heavy atom. The largest absolute Gasteiger partial charge is 0.389 e. The third kappa shape index (κ3) is 5.99. The van der Waals surface area contributed by atoms with Crippen LogP contribution in [0.3, 0.4) is 0 Å². The summed E-state index contributed by atoms with van der Waals surface area (Å²) in [7, 11) is 0. The van der Waals surface area contributed by atoms with Crippen LogP contribution in [0.2, 0.25) is 0 Å². The Balaban J connectivity index is 2.15. The molecule has 1 aliphatic rings. The fourth-order valence-corrected chi connectivity index (χ4v) is 1.85. The molecule has 0 bridgehead atoms. The van der Waals surface area contributed by atoms with Crippen molar-refractivity contribution >= 4 is 0 Å². The highest BCUT2D eigenvalue weighted by atomic mass is 16.5. The molecule has 98 valence electrons. The van der Waals surface area contributed by atoms with E-state index in [0.717, 1.165) is 32.6 Å². The Hall–Kier alpha value is -0.670. The van der Waals surface area contributed by atoms with Gasteiger partial charge in [0.15, 0.2) is 0 Å². The molecule has 1 heterocycles. The first-order chi connectivity index (χ1) is 8.26. The van der Waals surface area contributed by atoms with Crippen LogP contribution in [-0.4, -0.2) is 61.7 Å². The SMILES string of the molecule is CCN(CC#N)CC(O)COC1CCOCC1. The summed E-state index contributed by atoms with van der Waals surface area (Å²) in [6.07, 6.45) is 1.50. The lowest BCUT2D eigenvalue weighted by Crippen LogP contribution is -2.36. The van der Waals surface area contributed by atoms with Crippen LogP contribution in [0.1, 0.15) is 19.8 Å². The van der Waals surface area contributed by atoms with Crippen LogP contribution < -0.4 is 0 Å². The second kappa shape index (κ2) is 8.43. The van der Waals surface area contributed by atoms with E-state index < -0.39 is 6.10 Å². The van der Waals surface area contributed by atoms with Crippen molar-refractivity contribution in [3.63, 3.8) is 0 Å². The third-order valence-corrected chi connectivity index (χ3v) is 2.90. The molecule has 1 aliphatic heterocycles. The number of rotatable bonds is 7. The zero-order valence-electron chi connectivity index (χ0n) is 10.5. The highest BCUT2D eigenvalue weighted by Crippen LogP contribution is 2.10. The standard InChI is InChI=1S/C12H22N2O3/c1-2-14(6-5-13)9-11(15)10-17-12-3-7-16-8-4-12/h11-12,15H,2-4,6-10H2,1H3. The molecule has 5 nitrogen and oxygen atoms in total. The van der Waals surface area contributed by atoms with Crippen molar-refractivity contribution < 1.29 is 14.6 Å². The van der Waals surface area contributed by atoms with Crippen molar-refractivity contribution in [1.82, 2.24) is 4.90 Å². The molecule has 5 heteroatoms. The second-order valence-corrected chi connectivity index (χ2v) is 4.28. The summed E-state index contributed by atoms with van der Waals surface area (Å²) in [4.78, 5) is 1.90. The molecule has 0 aromatic heterocycles. The fourth-order valence-electron chi connectivity index (χ4n) is 1.85. The van der Waals surface area contributed by atoms with E-state index in [9.17, 15) is 5.11 Å². The van der Waals surface area contributed by atoms with E-state index in [0.29, 0.717) is 19.7 Å². The summed E-state index contributed by atoms with van der Waals surface area (Å²) in [5.74, 6) is 0. The topological polar surface area (TPSA) is 65.7 Å². The maximum absolute atomic E-state index is 9.80. The van der Waals surface area contributed by atoms with Crippen molar-refractivity contribution in [2.24, 2.45) is 0 Å². The van der Waals surface area contributed by atoms with Gasteiger partial charge in [-0.15, -0.1) is 0 Å². The summed E-state index contributed by atoms with van der Waals surface area (Å²) in [5.41, 5.74) is 0. The van der Waals surface area contributed by atoms with Gasteiger partial charge < -0.3 is 14.6 Å². The average molecular weight is 242 g/mol. The number of hydrogen-bond acceptors (Lipinski definition) is 5. The van der Waals surface area contributed by atoms with Crippen LogP contribution in [0.5, 0.6) is 0 Å². The van der Waals surface area contributed by atoms with E-state index in [4.69, 9.17) is 14.7 Å². The summed E-state index contributed by atoms with van der Waals surface area (Å²) < 4.78 is 10.9. The van der Waals surface area contributed by atoms with Crippen molar-refractivity contribution in [3.05, 3.63) is 0 Å². The van der Waals surface area contributed by atoms with Crippen LogP contribution in [0.4, 0.5) is 0 Å². The third-order valence-electron chi connectivity index (χ3n) is 2.90. The van der Waals surface area contributed by atoms with Crippen molar-refractivity contribution in [2.45, 2.75) is 32.0 Å². The van der Waals surface area contributed by atoms with Gasteiger partial charge in [0, 0.05) is 19.8 Å². The van der Waals surface area contributed by atoms with Gasteiger partial charge in [-0.3, -0.25) is 4.90 Å². The first-order valence-electron chi connectivity index (χ1n) is 6.23. The molecule has 1 rings (SSSR count). The number of nitrogens with zero attached hydrogens (tertiary/aromatic N) is 2. The van der Waals surface area contributed by atoms with Crippen molar-refractivity contribution in [2.75, 3.05) is 39.5 Å². The lowest BCUT2D eigenvalue weighted by Gasteiger charge is -2.25. The fraction of sp³-hybridized carbons (Fsp3) is 0.917. The number of ether oxygens (including phenoxy) is 2. The zero-order chi connectivity index (χ0) is 12.5. The lowest BCUT2D eigenvalue weighted by molar-refractivity contribution is -0.0634. The maximum Gasteiger partial charge on any atom is 0.0900 e. The molecule has 0 aliphatic carbocycles. The van der Waals surface area contributed by atoms with E-state index >= 15 is 0 Å². The Morgan fingerprint density at radius 3 is 2.82 bits per heavy atom. The highest BCUT2D eigenvalue weighted by Gasteiger charge is 2.17. The van der Waals surface area contributed by atoms with Gasteiger partial charge in [0.05, 0.1) is 31.4 Å². The molecule has 0 aromatic rings. The van der Waals surface area contributed by atoms with Gasteiger partial charge in [-0.05, 0) is 19.4 Å². The van der Waals surface area contributed by atoms with Gasteiger partial charge in [-0.2, -0.15) is 5.26 Å². The molecule has 1 saturated heterocycles. The van der Waals surface area contributed by atoms with Crippen LogP contribution in [0.25, 0.3) is 0 Å². The number of likely N-dealkylation sites (N-methyl/N-ethyl adjacent to an activating group) is 1. The summed E-state index contributed by atoms with van der Waals surface area (Å²) in [6, 6.07) is 2.09. The van der Waals surface area contributed by atoms with Crippen LogP contribution in [-0.2, 0) is 9.47 Å². The van der Waals surface area contributed by atoms with Crippen molar-refractivity contribution in [1.29, 1.82) is 5.26 Å². The molecular formula is C12H22N2O3. The average Bonchev–Trinajstić information content (AvgIpc) is 2.37. The van der Waals surface area contributed by atoms with E-state index in [1.807, 2.05) is 11.8 Å². The summed E-state index contributed by atoms with van der Waals surface area (Å²) in [5, 5.41) is 18.4. The number of aliphatic hydroxyl groups excluding tert-OH is 1. The van der Waals surface area contributed by atoms with Crippen LogP contribution >= 0.6 is 0 Å². The van der Waals surface area contributed by atoms with E-state index in [1.165, 1.54) is 0 Å². The predicted octanol–water partition coefficient (Wildman–Crippen LogP) is 0.388. The van der Waals surface area contributed by atoms with E-state index in [-0.39, 0.29) is 6.10 Å². The lowest BCUT2D eigenvalue weighted by atomic mass is 10.1. The Kier molecular flexibility index (Phi) is 7.13. The minimum Gasteiger partial charge on any atom is -0.389 e. The van der Waals surface area contributed by atoms with E-state index in [1.54, 1.807) is 0 Å². The molecule has 1 fully saturated rings. The zero-order valence-corrected chi connectivity index (χ0v) is 10.5. The predicted molar refractivity (Wildman–Crippen MR) is 63.5 cm³/mol. The minimum atomic E-state index is -0.522. The Labute approximate surface area is 103 Å². The van der Waals surface area contributed by atoms with Gasteiger partial charge >= 0.3 is 0 Å². The van der Waals surface area contributed by atoms with Crippen LogP contribution in [0.15, 0.2) is 0 Å². The quantitative estimate of drug-likeness (QED) is 0.654. The molecule has 0 aromatic carbocycles.